The summed E-state index contributed by atoms with van der Waals surface area (Å²) in [5.41, 5.74) is 3.18. The van der Waals surface area contributed by atoms with Crippen molar-refractivity contribution in [2.75, 3.05) is 5.32 Å². The second kappa shape index (κ2) is 11.4. The number of carbonyl (C=O) groups excluding carboxylic acids is 1. The Balaban J connectivity index is 1.43. The van der Waals surface area contributed by atoms with Crippen LogP contribution in [0.2, 0.25) is 0 Å². The van der Waals surface area contributed by atoms with Crippen molar-refractivity contribution < 1.29 is 27.4 Å². The van der Waals surface area contributed by atoms with Crippen LogP contribution in [0, 0.1) is 6.92 Å². The summed E-state index contributed by atoms with van der Waals surface area (Å²) in [6, 6.07) is 23.2. The van der Waals surface area contributed by atoms with Crippen molar-refractivity contribution in [3.63, 3.8) is 0 Å². The van der Waals surface area contributed by atoms with Crippen molar-refractivity contribution in [1.82, 2.24) is 9.61 Å². The lowest BCUT2D eigenvalue weighted by molar-refractivity contribution is -0.137. The third kappa shape index (κ3) is 6.19. The molecule has 5 rings (SSSR count). The maximum absolute atomic E-state index is 13.7. The minimum Gasteiger partial charge on any atom is -0.471 e. The molecule has 3 aromatic carbocycles. The fraction of sp³-hybridized carbons (Fsp3) is 0.188. The Labute approximate surface area is 235 Å². The molecule has 41 heavy (non-hydrogen) atoms. The monoisotopic (exact) mass is 559 g/mol. The average Bonchev–Trinajstić information content (AvgIpc) is 3.32. The van der Waals surface area contributed by atoms with E-state index in [2.05, 4.69) is 10.4 Å². The summed E-state index contributed by atoms with van der Waals surface area (Å²) in [7, 11) is 0. The number of alkyl halides is 3. The van der Waals surface area contributed by atoms with Gasteiger partial charge in [0.2, 0.25) is 5.88 Å². The molecule has 0 spiro atoms. The van der Waals surface area contributed by atoms with Crippen molar-refractivity contribution >= 4 is 17.1 Å². The van der Waals surface area contributed by atoms with Gasteiger partial charge in [-0.2, -0.15) is 13.2 Å². The molecule has 0 saturated heterocycles. The van der Waals surface area contributed by atoms with Gasteiger partial charge in [-0.15, -0.1) is 5.10 Å². The number of anilines is 1. The number of carbonyl (C=O) groups is 1. The van der Waals surface area contributed by atoms with Crippen LogP contribution in [-0.2, 0) is 12.8 Å². The molecule has 9 heteroatoms. The topological polar surface area (TPSA) is 64.9 Å². The Hall–Kier alpha value is -4.79. The van der Waals surface area contributed by atoms with E-state index in [9.17, 15) is 18.0 Å². The predicted octanol–water partition coefficient (Wildman–Crippen LogP) is 8.41. The molecule has 0 aliphatic carbocycles. The maximum atomic E-state index is 13.7. The lowest BCUT2D eigenvalue weighted by atomic mass is 9.98. The number of ether oxygens (including phenoxy) is 2. The number of halogens is 3. The SMILES string of the molecule is Cc1cc(NC(=O)c2c(OCc3ccccc3)nn3ccccc23)c(C(C)C)cc1Oc1ccc(C(F)(F)F)cc1. The van der Waals surface area contributed by atoms with Crippen molar-refractivity contribution in [2.24, 2.45) is 0 Å². The van der Waals surface area contributed by atoms with E-state index in [0.29, 0.717) is 28.1 Å². The second-order valence-corrected chi connectivity index (χ2v) is 9.92. The third-order valence-electron chi connectivity index (χ3n) is 6.58. The molecule has 0 aliphatic rings. The normalized spacial score (nSPS) is 11.6. The number of nitrogens with one attached hydrogen (secondary N) is 1. The predicted molar refractivity (Wildman–Crippen MR) is 151 cm³/mol. The highest BCUT2D eigenvalue weighted by atomic mass is 19.4. The number of aryl methyl sites for hydroxylation is 1. The van der Waals surface area contributed by atoms with Gasteiger partial charge in [0.15, 0.2) is 0 Å². The highest BCUT2D eigenvalue weighted by Gasteiger charge is 2.30. The Bertz CT molecular complexity index is 1680. The minimum absolute atomic E-state index is 0.00133. The summed E-state index contributed by atoms with van der Waals surface area (Å²) in [6.07, 6.45) is -2.68. The van der Waals surface area contributed by atoms with Crippen molar-refractivity contribution in [1.29, 1.82) is 0 Å². The lowest BCUT2D eigenvalue weighted by Crippen LogP contribution is -2.15. The number of nitrogens with zero attached hydrogens (tertiary/aromatic N) is 2. The molecule has 0 bridgehead atoms. The van der Waals surface area contributed by atoms with E-state index >= 15 is 0 Å². The molecule has 210 valence electrons. The fourth-order valence-corrected chi connectivity index (χ4v) is 4.44. The first kappa shape index (κ1) is 27.8. The van der Waals surface area contributed by atoms with E-state index in [0.717, 1.165) is 23.3 Å². The van der Waals surface area contributed by atoms with Crippen molar-refractivity contribution in [3.8, 4) is 17.4 Å². The van der Waals surface area contributed by atoms with Gasteiger partial charge in [0.05, 0.1) is 11.1 Å². The minimum atomic E-state index is -4.42. The first-order valence-electron chi connectivity index (χ1n) is 13.0. The van der Waals surface area contributed by atoms with Gasteiger partial charge in [-0.05, 0) is 78.1 Å². The zero-order valence-corrected chi connectivity index (χ0v) is 22.7. The van der Waals surface area contributed by atoms with E-state index in [1.807, 2.05) is 63.2 Å². The zero-order valence-electron chi connectivity index (χ0n) is 22.7. The van der Waals surface area contributed by atoms with E-state index in [4.69, 9.17) is 9.47 Å². The number of hydrogen-bond acceptors (Lipinski definition) is 4. The average molecular weight is 560 g/mol. The van der Waals surface area contributed by atoms with E-state index in [1.165, 1.54) is 12.1 Å². The molecule has 0 fully saturated rings. The van der Waals surface area contributed by atoms with Crippen LogP contribution in [0.3, 0.4) is 0 Å². The number of rotatable bonds is 8. The van der Waals surface area contributed by atoms with Crippen LogP contribution in [0.15, 0.2) is 91.1 Å². The largest absolute Gasteiger partial charge is 0.471 e. The van der Waals surface area contributed by atoms with Gasteiger partial charge in [-0.3, -0.25) is 4.79 Å². The number of amides is 1. The fourth-order valence-electron chi connectivity index (χ4n) is 4.44. The Kier molecular flexibility index (Phi) is 7.70. The van der Waals surface area contributed by atoms with Gasteiger partial charge in [0, 0.05) is 11.9 Å². The van der Waals surface area contributed by atoms with Crippen LogP contribution in [0.5, 0.6) is 17.4 Å². The Morgan fingerprint density at radius 1 is 0.976 bits per heavy atom. The van der Waals surface area contributed by atoms with E-state index in [1.54, 1.807) is 28.9 Å². The van der Waals surface area contributed by atoms with Crippen LogP contribution in [0.1, 0.15) is 52.4 Å². The molecule has 2 heterocycles. The number of pyridine rings is 1. The quantitative estimate of drug-likeness (QED) is 0.207. The van der Waals surface area contributed by atoms with Gasteiger partial charge in [-0.1, -0.05) is 50.2 Å². The molecular formula is C32H28F3N3O3. The Morgan fingerprint density at radius 3 is 2.37 bits per heavy atom. The van der Waals surface area contributed by atoms with Gasteiger partial charge in [-0.25, -0.2) is 4.52 Å². The van der Waals surface area contributed by atoms with Crippen molar-refractivity contribution in [2.45, 2.75) is 39.5 Å². The maximum Gasteiger partial charge on any atom is 0.416 e. The highest BCUT2D eigenvalue weighted by molar-refractivity contribution is 6.11. The number of benzene rings is 3. The molecule has 0 aliphatic heterocycles. The van der Waals surface area contributed by atoms with Crippen LogP contribution in [-0.4, -0.2) is 15.5 Å². The van der Waals surface area contributed by atoms with Crippen LogP contribution < -0.4 is 14.8 Å². The van der Waals surface area contributed by atoms with Gasteiger partial charge < -0.3 is 14.8 Å². The molecule has 0 atom stereocenters. The zero-order chi connectivity index (χ0) is 29.1. The van der Waals surface area contributed by atoms with Gasteiger partial charge >= 0.3 is 6.18 Å². The van der Waals surface area contributed by atoms with Crippen LogP contribution >= 0.6 is 0 Å². The molecule has 1 amide bonds. The lowest BCUT2D eigenvalue weighted by Gasteiger charge is -2.18. The molecule has 0 unspecified atom stereocenters. The summed E-state index contributed by atoms with van der Waals surface area (Å²) in [5.74, 6) is 0.585. The molecule has 2 aromatic heterocycles. The summed E-state index contributed by atoms with van der Waals surface area (Å²) in [6.45, 7) is 6.01. The van der Waals surface area contributed by atoms with Gasteiger partial charge in [0.25, 0.3) is 5.91 Å². The number of aromatic nitrogens is 2. The molecule has 6 nitrogen and oxygen atoms in total. The van der Waals surface area contributed by atoms with Crippen molar-refractivity contribution in [3.05, 3.63) is 119 Å². The molecule has 1 N–H and O–H groups in total. The summed E-state index contributed by atoms with van der Waals surface area (Å²) >= 11 is 0. The molecule has 0 saturated carbocycles. The molecule has 5 aromatic rings. The highest BCUT2D eigenvalue weighted by Crippen LogP contribution is 2.36. The van der Waals surface area contributed by atoms with E-state index in [-0.39, 0.29) is 30.1 Å². The number of hydrogen-bond donors (Lipinski definition) is 1. The third-order valence-corrected chi connectivity index (χ3v) is 6.58. The molecular weight excluding hydrogens is 531 g/mol. The number of fused-ring (bicyclic) bond motifs is 1. The first-order chi connectivity index (χ1) is 19.6. The summed E-state index contributed by atoms with van der Waals surface area (Å²) in [4.78, 5) is 13.7. The first-order valence-corrected chi connectivity index (χ1v) is 13.0. The van der Waals surface area contributed by atoms with Gasteiger partial charge in [0.1, 0.15) is 23.7 Å². The second-order valence-electron chi connectivity index (χ2n) is 9.92. The summed E-state index contributed by atoms with van der Waals surface area (Å²) in [5, 5.41) is 7.52. The van der Waals surface area contributed by atoms with Crippen LogP contribution in [0.4, 0.5) is 18.9 Å². The van der Waals surface area contributed by atoms with E-state index < -0.39 is 11.7 Å². The van der Waals surface area contributed by atoms with Crippen LogP contribution in [0.25, 0.3) is 5.52 Å². The summed E-state index contributed by atoms with van der Waals surface area (Å²) < 4.78 is 52.4. The standard InChI is InChI=1S/C32H28F3N3O3/c1-20(2)25-18-28(41-24-14-12-23(13-15-24)32(33,34)35)21(3)17-26(25)36-30(39)29-27-11-7-8-16-38(27)37-31(29)40-19-22-9-5-4-6-10-22/h4-18,20H,19H2,1-3H3,(H,36,39). The Morgan fingerprint density at radius 2 is 1.68 bits per heavy atom. The smallest absolute Gasteiger partial charge is 0.416 e. The molecule has 0 radical (unpaired) electrons.